The van der Waals surface area contributed by atoms with Gasteiger partial charge >= 0.3 is 0 Å². The van der Waals surface area contributed by atoms with E-state index in [1.807, 2.05) is 31.2 Å². The van der Waals surface area contributed by atoms with Crippen LogP contribution >= 0.6 is 0 Å². The standard InChI is InChI=1S/C23H23NO2S/c1-17-7-11-22(12-8-17)27(25,26)24-14-13-23(18(2)16-24)21-10-9-19-5-3-4-6-20(19)15-21/h3-12,15,23H,2,13-14,16H2,1H3/t23-/m0/s1. The number of benzene rings is 3. The monoisotopic (exact) mass is 377 g/mol. The minimum absolute atomic E-state index is 0.194. The second-order valence-corrected chi connectivity index (χ2v) is 9.20. The van der Waals surface area contributed by atoms with Crippen molar-refractivity contribution in [1.82, 2.24) is 4.31 Å². The van der Waals surface area contributed by atoms with E-state index in [-0.39, 0.29) is 5.92 Å². The molecule has 0 spiro atoms. The Kier molecular flexibility index (Phi) is 4.62. The Morgan fingerprint density at radius 1 is 0.963 bits per heavy atom. The van der Waals surface area contributed by atoms with E-state index in [9.17, 15) is 8.42 Å². The minimum Gasteiger partial charge on any atom is -0.207 e. The fourth-order valence-electron chi connectivity index (χ4n) is 3.78. The van der Waals surface area contributed by atoms with Gasteiger partial charge in [0.15, 0.2) is 0 Å². The maximum Gasteiger partial charge on any atom is 0.243 e. The summed E-state index contributed by atoms with van der Waals surface area (Å²) in [5.41, 5.74) is 3.21. The van der Waals surface area contributed by atoms with Crippen molar-refractivity contribution in [3.05, 3.63) is 90.0 Å². The van der Waals surface area contributed by atoms with Crippen LogP contribution in [-0.4, -0.2) is 25.8 Å². The first-order valence-corrected chi connectivity index (χ1v) is 10.6. The maximum absolute atomic E-state index is 12.9. The zero-order valence-electron chi connectivity index (χ0n) is 15.4. The third-order valence-electron chi connectivity index (χ3n) is 5.37. The van der Waals surface area contributed by atoms with Crippen LogP contribution in [-0.2, 0) is 10.0 Å². The van der Waals surface area contributed by atoms with Gasteiger partial charge in [0.25, 0.3) is 0 Å². The first-order chi connectivity index (χ1) is 12.9. The van der Waals surface area contributed by atoms with Gasteiger partial charge in [0, 0.05) is 19.0 Å². The molecule has 0 amide bonds. The summed E-state index contributed by atoms with van der Waals surface area (Å²) < 4.78 is 27.4. The van der Waals surface area contributed by atoms with Crippen LogP contribution in [0.2, 0.25) is 0 Å². The van der Waals surface area contributed by atoms with E-state index in [0.717, 1.165) is 17.6 Å². The summed E-state index contributed by atoms with van der Waals surface area (Å²) in [5.74, 6) is 0.194. The third-order valence-corrected chi connectivity index (χ3v) is 7.23. The number of sulfonamides is 1. The van der Waals surface area contributed by atoms with E-state index < -0.39 is 10.0 Å². The quantitative estimate of drug-likeness (QED) is 0.610. The number of fused-ring (bicyclic) bond motifs is 1. The molecule has 1 heterocycles. The summed E-state index contributed by atoms with van der Waals surface area (Å²) in [6.07, 6.45) is 0.752. The van der Waals surface area contributed by atoms with E-state index in [0.29, 0.717) is 18.0 Å². The third kappa shape index (κ3) is 3.43. The van der Waals surface area contributed by atoms with Gasteiger partial charge in [0.2, 0.25) is 10.0 Å². The fraction of sp³-hybridized carbons (Fsp3) is 0.217. The second-order valence-electron chi connectivity index (χ2n) is 7.26. The van der Waals surface area contributed by atoms with Gasteiger partial charge in [-0.3, -0.25) is 0 Å². The molecular weight excluding hydrogens is 354 g/mol. The molecule has 1 atom stereocenters. The molecule has 3 aromatic carbocycles. The summed E-state index contributed by atoms with van der Waals surface area (Å²) in [6.45, 7) is 7.04. The van der Waals surface area contributed by atoms with Gasteiger partial charge < -0.3 is 0 Å². The fourth-order valence-corrected chi connectivity index (χ4v) is 5.24. The topological polar surface area (TPSA) is 37.4 Å². The van der Waals surface area contributed by atoms with Gasteiger partial charge in [-0.15, -0.1) is 0 Å². The van der Waals surface area contributed by atoms with E-state index in [4.69, 9.17) is 0 Å². The van der Waals surface area contributed by atoms with Crippen molar-refractivity contribution in [3.63, 3.8) is 0 Å². The van der Waals surface area contributed by atoms with Crippen molar-refractivity contribution >= 4 is 20.8 Å². The molecule has 4 rings (SSSR count). The predicted octanol–water partition coefficient (Wildman–Crippen LogP) is 4.88. The van der Waals surface area contributed by atoms with Crippen molar-refractivity contribution in [2.24, 2.45) is 0 Å². The molecule has 3 nitrogen and oxygen atoms in total. The molecule has 0 bridgehead atoms. The summed E-state index contributed by atoms with van der Waals surface area (Å²) in [4.78, 5) is 0.352. The molecule has 4 heteroatoms. The van der Waals surface area contributed by atoms with Gasteiger partial charge in [0.05, 0.1) is 4.90 Å². The molecule has 1 saturated heterocycles. The highest BCUT2D eigenvalue weighted by Gasteiger charge is 2.32. The lowest BCUT2D eigenvalue weighted by Crippen LogP contribution is -2.39. The minimum atomic E-state index is -3.48. The molecule has 1 aliphatic heterocycles. The molecule has 0 N–H and O–H groups in total. The summed E-state index contributed by atoms with van der Waals surface area (Å²) >= 11 is 0. The number of aryl methyl sites for hydroxylation is 1. The lowest BCUT2D eigenvalue weighted by molar-refractivity contribution is 0.376. The first kappa shape index (κ1) is 18.0. The number of hydrogen-bond donors (Lipinski definition) is 0. The van der Waals surface area contributed by atoms with Crippen LogP contribution in [0.5, 0.6) is 0 Å². The van der Waals surface area contributed by atoms with E-state index in [1.54, 1.807) is 16.4 Å². The average molecular weight is 378 g/mol. The van der Waals surface area contributed by atoms with Crippen molar-refractivity contribution in [3.8, 4) is 0 Å². The Balaban J connectivity index is 1.56. The van der Waals surface area contributed by atoms with Gasteiger partial charge in [-0.2, -0.15) is 4.31 Å². The van der Waals surface area contributed by atoms with Crippen LogP contribution < -0.4 is 0 Å². The molecule has 0 unspecified atom stereocenters. The Hall–Kier alpha value is -2.43. The number of rotatable bonds is 3. The lowest BCUT2D eigenvalue weighted by atomic mass is 9.86. The van der Waals surface area contributed by atoms with Crippen molar-refractivity contribution in [1.29, 1.82) is 0 Å². The Labute approximate surface area is 161 Å². The largest absolute Gasteiger partial charge is 0.243 e. The Morgan fingerprint density at radius 2 is 1.67 bits per heavy atom. The number of nitrogens with zero attached hydrogens (tertiary/aromatic N) is 1. The zero-order chi connectivity index (χ0) is 19.0. The number of hydrogen-bond acceptors (Lipinski definition) is 2. The lowest BCUT2D eigenvalue weighted by Gasteiger charge is -2.33. The second kappa shape index (κ2) is 6.95. The smallest absolute Gasteiger partial charge is 0.207 e. The van der Waals surface area contributed by atoms with E-state index in [2.05, 4.69) is 36.9 Å². The Bertz CT molecular complexity index is 1100. The number of piperidine rings is 1. The van der Waals surface area contributed by atoms with Crippen LogP contribution in [0, 0.1) is 6.92 Å². The van der Waals surface area contributed by atoms with Gasteiger partial charge in [-0.05, 0) is 41.8 Å². The van der Waals surface area contributed by atoms with Gasteiger partial charge in [-0.1, -0.05) is 72.3 Å². The average Bonchev–Trinajstić information content (AvgIpc) is 2.68. The molecule has 0 radical (unpaired) electrons. The summed E-state index contributed by atoms with van der Waals surface area (Å²) in [5, 5.41) is 2.42. The van der Waals surface area contributed by atoms with Crippen LogP contribution in [0.3, 0.4) is 0 Å². The highest BCUT2D eigenvalue weighted by atomic mass is 32.2. The first-order valence-electron chi connectivity index (χ1n) is 9.18. The van der Waals surface area contributed by atoms with Crippen molar-refractivity contribution in [2.45, 2.75) is 24.2 Å². The molecule has 1 aliphatic rings. The van der Waals surface area contributed by atoms with Crippen molar-refractivity contribution in [2.75, 3.05) is 13.1 Å². The Morgan fingerprint density at radius 3 is 2.37 bits per heavy atom. The van der Waals surface area contributed by atoms with Gasteiger partial charge in [0.1, 0.15) is 0 Å². The van der Waals surface area contributed by atoms with Crippen LogP contribution in [0.15, 0.2) is 83.8 Å². The van der Waals surface area contributed by atoms with Crippen LogP contribution in [0.4, 0.5) is 0 Å². The predicted molar refractivity (Wildman–Crippen MR) is 110 cm³/mol. The van der Waals surface area contributed by atoms with Gasteiger partial charge in [-0.25, -0.2) is 8.42 Å². The van der Waals surface area contributed by atoms with Crippen molar-refractivity contribution < 1.29 is 8.42 Å². The molecule has 1 fully saturated rings. The molecular formula is C23H23NO2S. The normalized spacial score (nSPS) is 18.7. The SMILES string of the molecule is C=C1CN(S(=O)(=O)c2ccc(C)cc2)CC[C@@H]1c1ccc2ccccc2c1. The molecule has 138 valence electrons. The zero-order valence-corrected chi connectivity index (χ0v) is 16.2. The molecule has 0 saturated carbocycles. The van der Waals surface area contributed by atoms with E-state index >= 15 is 0 Å². The van der Waals surface area contributed by atoms with Crippen LogP contribution in [0.25, 0.3) is 10.8 Å². The summed E-state index contributed by atoms with van der Waals surface area (Å²) in [7, 11) is -3.48. The molecule has 0 aliphatic carbocycles. The molecule has 27 heavy (non-hydrogen) atoms. The maximum atomic E-state index is 12.9. The highest BCUT2D eigenvalue weighted by molar-refractivity contribution is 7.89. The van der Waals surface area contributed by atoms with Crippen LogP contribution in [0.1, 0.15) is 23.5 Å². The molecule has 3 aromatic rings. The highest BCUT2D eigenvalue weighted by Crippen LogP contribution is 2.35. The summed E-state index contributed by atoms with van der Waals surface area (Å²) in [6, 6.07) is 21.8. The van der Waals surface area contributed by atoms with E-state index in [1.165, 1.54) is 16.3 Å². The molecule has 0 aromatic heterocycles.